The Morgan fingerprint density at radius 3 is 2.79 bits per heavy atom. The van der Waals surface area contributed by atoms with Gasteiger partial charge in [-0.3, -0.25) is 9.59 Å². The predicted octanol–water partition coefficient (Wildman–Crippen LogP) is 5.32. The number of aryl methyl sites for hydroxylation is 1. The molecule has 0 aliphatic rings. The van der Waals surface area contributed by atoms with Crippen molar-refractivity contribution in [3.63, 3.8) is 0 Å². The average molecular weight is 482 g/mol. The highest BCUT2D eigenvalue weighted by atomic mass is 35.5. The highest BCUT2D eigenvalue weighted by Crippen LogP contribution is 2.30. The fourth-order valence-electron chi connectivity index (χ4n) is 4.17. The number of ketones is 1. The molecular formula is C26H28ClN3O4. The molecule has 3 rings (SSSR count). The SMILES string of the molecule is C[C@@H](CC(=O)O)CC(=O)c1c(CCCCOCc2cccc(C#N)c2)n(C)c2cnc(Cl)cc12. The molecule has 0 radical (unpaired) electrons. The van der Waals surface area contributed by atoms with Crippen molar-refractivity contribution in [1.29, 1.82) is 5.26 Å². The fourth-order valence-corrected chi connectivity index (χ4v) is 4.33. The molecule has 1 atom stereocenters. The molecule has 0 aliphatic heterocycles. The summed E-state index contributed by atoms with van der Waals surface area (Å²) in [4.78, 5) is 28.4. The summed E-state index contributed by atoms with van der Waals surface area (Å²) in [7, 11) is 1.91. The number of carbonyl (C=O) groups is 2. The third-order valence-corrected chi connectivity index (χ3v) is 5.99. The van der Waals surface area contributed by atoms with Gasteiger partial charge in [0.05, 0.1) is 30.0 Å². The van der Waals surface area contributed by atoms with Gasteiger partial charge in [-0.05, 0) is 48.9 Å². The van der Waals surface area contributed by atoms with Gasteiger partial charge in [-0.2, -0.15) is 5.26 Å². The van der Waals surface area contributed by atoms with Gasteiger partial charge < -0.3 is 14.4 Å². The number of pyridine rings is 1. The van der Waals surface area contributed by atoms with E-state index in [2.05, 4.69) is 11.1 Å². The second-order valence-electron chi connectivity index (χ2n) is 8.56. The Kier molecular flexibility index (Phi) is 8.80. The molecule has 0 amide bonds. The van der Waals surface area contributed by atoms with Gasteiger partial charge in [0, 0.05) is 43.1 Å². The number of hydrogen-bond donors (Lipinski definition) is 1. The van der Waals surface area contributed by atoms with Crippen LogP contribution in [0, 0.1) is 17.2 Å². The number of Topliss-reactive ketones (excluding diaryl/α,β-unsaturated/α-hetero) is 1. The zero-order valence-electron chi connectivity index (χ0n) is 19.4. The number of benzene rings is 1. The minimum absolute atomic E-state index is 0.0528. The largest absolute Gasteiger partial charge is 0.481 e. The molecule has 2 heterocycles. The molecule has 34 heavy (non-hydrogen) atoms. The van der Waals surface area contributed by atoms with Gasteiger partial charge >= 0.3 is 5.97 Å². The molecule has 0 saturated carbocycles. The van der Waals surface area contributed by atoms with Gasteiger partial charge in [0.15, 0.2) is 5.78 Å². The number of nitrogens with zero attached hydrogens (tertiary/aromatic N) is 3. The molecule has 7 nitrogen and oxygen atoms in total. The fraction of sp³-hybridized carbons (Fsp3) is 0.385. The van der Waals surface area contributed by atoms with E-state index in [1.165, 1.54) is 0 Å². The van der Waals surface area contributed by atoms with E-state index < -0.39 is 5.97 Å². The molecular weight excluding hydrogens is 454 g/mol. The first-order chi connectivity index (χ1) is 16.3. The molecule has 0 unspecified atom stereocenters. The lowest BCUT2D eigenvalue weighted by Crippen LogP contribution is -2.12. The minimum Gasteiger partial charge on any atom is -0.481 e. The van der Waals surface area contributed by atoms with Crippen LogP contribution < -0.4 is 0 Å². The van der Waals surface area contributed by atoms with E-state index in [1.54, 1.807) is 25.3 Å². The van der Waals surface area contributed by atoms with E-state index in [1.807, 2.05) is 29.8 Å². The van der Waals surface area contributed by atoms with Gasteiger partial charge in [-0.1, -0.05) is 30.7 Å². The molecule has 2 aromatic heterocycles. The van der Waals surface area contributed by atoms with Crippen molar-refractivity contribution in [2.24, 2.45) is 13.0 Å². The second-order valence-corrected chi connectivity index (χ2v) is 8.94. The number of carboxylic acids is 1. The van der Waals surface area contributed by atoms with Crippen LogP contribution in [-0.4, -0.2) is 33.0 Å². The molecule has 0 aliphatic carbocycles. The third kappa shape index (κ3) is 6.43. The molecule has 1 N–H and O–H groups in total. The van der Waals surface area contributed by atoms with E-state index in [-0.39, 0.29) is 24.5 Å². The van der Waals surface area contributed by atoms with Crippen LogP contribution in [0.3, 0.4) is 0 Å². The van der Waals surface area contributed by atoms with Crippen molar-refractivity contribution in [1.82, 2.24) is 9.55 Å². The lowest BCUT2D eigenvalue weighted by atomic mass is 9.94. The predicted molar refractivity (Wildman–Crippen MR) is 130 cm³/mol. The first-order valence-corrected chi connectivity index (χ1v) is 11.6. The number of aromatic nitrogens is 2. The summed E-state index contributed by atoms with van der Waals surface area (Å²) >= 11 is 6.12. The number of hydrogen-bond acceptors (Lipinski definition) is 5. The normalized spacial score (nSPS) is 11.9. The lowest BCUT2D eigenvalue weighted by Gasteiger charge is -2.11. The Labute approximate surface area is 203 Å². The summed E-state index contributed by atoms with van der Waals surface area (Å²) in [5.74, 6) is -1.26. The maximum Gasteiger partial charge on any atom is 0.303 e. The summed E-state index contributed by atoms with van der Waals surface area (Å²) < 4.78 is 7.74. The van der Waals surface area contributed by atoms with E-state index in [9.17, 15) is 9.59 Å². The van der Waals surface area contributed by atoms with Crippen molar-refractivity contribution in [2.45, 2.75) is 45.6 Å². The molecule has 0 saturated heterocycles. The van der Waals surface area contributed by atoms with E-state index in [0.717, 1.165) is 35.0 Å². The smallest absolute Gasteiger partial charge is 0.303 e. The Morgan fingerprint density at radius 1 is 1.26 bits per heavy atom. The number of fused-ring (bicyclic) bond motifs is 1. The van der Waals surface area contributed by atoms with Crippen molar-refractivity contribution in [2.75, 3.05) is 6.61 Å². The standard InChI is InChI=1S/C26H28ClN3O4/c1-17(11-25(32)33)10-23(31)26-20-13-24(27)29-15-22(20)30(2)21(26)8-3-4-9-34-16-19-7-5-6-18(12-19)14-28/h5-7,12-13,15,17H,3-4,8-11,16H2,1-2H3,(H,32,33)/t17-/m1/s1. The monoisotopic (exact) mass is 481 g/mol. The Bertz CT molecular complexity index is 1230. The van der Waals surface area contributed by atoms with Gasteiger partial charge in [-0.15, -0.1) is 0 Å². The van der Waals surface area contributed by atoms with Crippen molar-refractivity contribution >= 4 is 34.3 Å². The van der Waals surface area contributed by atoms with Gasteiger partial charge in [-0.25, -0.2) is 4.98 Å². The summed E-state index contributed by atoms with van der Waals surface area (Å²) in [5.41, 5.74) is 3.89. The highest BCUT2D eigenvalue weighted by molar-refractivity contribution is 6.30. The number of halogens is 1. The second kappa shape index (κ2) is 11.8. The number of carboxylic acid groups (broad SMARTS) is 1. The quantitative estimate of drug-likeness (QED) is 0.213. The van der Waals surface area contributed by atoms with Gasteiger partial charge in [0.1, 0.15) is 5.15 Å². The number of unbranched alkanes of at least 4 members (excludes halogenated alkanes) is 1. The number of carbonyl (C=O) groups excluding carboxylic acids is 1. The molecule has 178 valence electrons. The average Bonchev–Trinajstić information content (AvgIpc) is 3.06. The van der Waals surface area contributed by atoms with Gasteiger partial charge in [0.2, 0.25) is 0 Å². The van der Waals surface area contributed by atoms with Gasteiger partial charge in [0.25, 0.3) is 0 Å². The summed E-state index contributed by atoms with van der Waals surface area (Å²) in [6, 6.07) is 11.2. The Hall–Kier alpha value is -3.21. The van der Waals surface area contributed by atoms with Crippen LogP contribution in [0.2, 0.25) is 5.15 Å². The van der Waals surface area contributed by atoms with Crippen molar-refractivity contribution in [3.05, 3.63) is 64.1 Å². The first kappa shape index (κ1) is 25.4. The summed E-state index contributed by atoms with van der Waals surface area (Å²) in [6.45, 7) is 2.78. The summed E-state index contributed by atoms with van der Waals surface area (Å²) in [5, 5.41) is 19.1. The maximum atomic E-state index is 13.2. The van der Waals surface area contributed by atoms with Crippen LogP contribution in [0.25, 0.3) is 10.9 Å². The van der Waals surface area contributed by atoms with Crippen LogP contribution in [0.1, 0.15) is 59.8 Å². The van der Waals surface area contributed by atoms with Crippen molar-refractivity contribution < 1.29 is 19.4 Å². The zero-order chi connectivity index (χ0) is 24.7. The van der Waals surface area contributed by atoms with Crippen LogP contribution >= 0.6 is 11.6 Å². The molecule has 3 aromatic rings. The minimum atomic E-state index is -0.912. The van der Waals surface area contributed by atoms with E-state index in [4.69, 9.17) is 26.7 Å². The number of ether oxygens (including phenoxy) is 1. The number of rotatable bonds is 12. The number of aliphatic carboxylic acids is 1. The first-order valence-electron chi connectivity index (χ1n) is 11.2. The zero-order valence-corrected chi connectivity index (χ0v) is 20.1. The van der Waals surface area contributed by atoms with Crippen LogP contribution in [0.4, 0.5) is 0 Å². The molecule has 0 spiro atoms. The van der Waals surface area contributed by atoms with Crippen molar-refractivity contribution in [3.8, 4) is 6.07 Å². The van der Waals surface area contributed by atoms with E-state index >= 15 is 0 Å². The van der Waals surface area contributed by atoms with Crippen LogP contribution in [0.15, 0.2) is 36.5 Å². The molecule has 0 bridgehead atoms. The molecule has 1 aromatic carbocycles. The topological polar surface area (TPSA) is 105 Å². The highest BCUT2D eigenvalue weighted by Gasteiger charge is 2.23. The van der Waals surface area contributed by atoms with Crippen LogP contribution in [0.5, 0.6) is 0 Å². The Morgan fingerprint density at radius 2 is 2.06 bits per heavy atom. The Balaban J connectivity index is 1.67. The third-order valence-electron chi connectivity index (χ3n) is 5.79. The number of nitriles is 1. The van der Waals surface area contributed by atoms with E-state index in [0.29, 0.717) is 35.9 Å². The van der Waals surface area contributed by atoms with Crippen LogP contribution in [-0.2, 0) is 29.6 Å². The molecule has 8 heteroatoms. The lowest BCUT2D eigenvalue weighted by molar-refractivity contribution is -0.137. The molecule has 0 fully saturated rings. The maximum absolute atomic E-state index is 13.2. The summed E-state index contributed by atoms with van der Waals surface area (Å²) in [6.07, 6.45) is 4.06.